The molecule has 2 rings (SSSR count). The van der Waals surface area contributed by atoms with Crippen LogP contribution in [-0.4, -0.2) is 16.0 Å². The highest BCUT2D eigenvalue weighted by atomic mass is 15.0. The molecule has 66 valence electrons. The third-order valence-electron chi connectivity index (χ3n) is 2.28. The minimum atomic E-state index is 0.502. The smallest absolute Gasteiger partial charge is 0.147 e. The summed E-state index contributed by atoms with van der Waals surface area (Å²) in [5.74, 6) is 0.669. The molecule has 1 aliphatic carbocycles. The van der Waals surface area contributed by atoms with Gasteiger partial charge in [-0.1, -0.05) is 0 Å². The Morgan fingerprint density at radius 1 is 1.54 bits per heavy atom. The minimum Gasteiger partial charge on any atom is -0.366 e. The summed E-state index contributed by atoms with van der Waals surface area (Å²) in [7, 11) is 0. The Morgan fingerprint density at radius 3 is 3.00 bits per heavy atom. The van der Waals surface area contributed by atoms with Gasteiger partial charge in [0.2, 0.25) is 0 Å². The molecule has 1 aromatic rings. The summed E-state index contributed by atoms with van der Waals surface area (Å²) in [6.07, 6.45) is 6.62. The van der Waals surface area contributed by atoms with Crippen molar-refractivity contribution >= 4 is 5.82 Å². The second-order valence-electron chi connectivity index (χ2n) is 3.17. The van der Waals surface area contributed by atoms with Gasteiger partial charge >= 0.3 is 0 Å². The maximum Gasteiger partial charge on any atom is 0.147 e. The van der Waals surface area contributed by atoms with Gasteiger partial charge in [0.05, 0.1) is 6.20 Å². The molecule has 0 amide bonds. The van der Waals surface area contributed by atoms with E-state index in [1.165, 1.54) is 31.8 Å². The normalized spacial score (nSPS) is 15.9. The summed E-state index contributed by atoms with van der Waals surface area (Å²) in [6.45, 7) is 0. The van der Waals surface area contributed by atoms with E-state index in [4.69, 9.17) is 5.26 Å². The Morgan fingerprint density at radius 2 is 2.38 bits per heavy atom. The van der Waals surface area contributed by atoms with Gasteiger partial charge in [0.1, 0.15) is 23.8 Å². The van der Waals surface area contributed by atoms with Gasteiger partial charge in [0.25, 0.3) is 0 Å². The molecule has 4 nitrogen and oxygen atoms in total. The lowest BCUT2D eigenvalue weighted by Gasteiger charge is -2.26. The number of nitriles is 1. The third kappa shape index (κ3) is 1.59. The highest BCUT2D eigenvalue weighted by Gasteiger charge is 2.18. The molecular weight excluding hydrogens is 164 g/mol. The molecule has 1 fully saturated rings. The Hall–Kier alpha value is -1.63. The lowest BCUT2D eigenvalue weighted by Crippen LogP contribution is -2.27. The minimum absolute atomic E-state index is 0.502. The van der Waals surface area contributed by atoms with E-state index in [1.807, 2.05) is 0 Å². The predicted octanol–water partition coefficient (Wildman–Crippen LogP) is 1.31. The SMILES string of the molecule is N#Cc1cncnc1NC1CCC1. The summed E-state index contributed by atoms with van der Waals surface area (Å²) in [5.41, 5.74) is 0.523. The van der Waals surface area contributed by atoms with Crippen LogP contribution >= 0.6 is 0 Å². The average molecular weight is 174 g/mol. The number of nitrogens with one attached hydrogen (secondary N) is 1. The van der Waals surface area contributed by atoms with Crippen LogP contribution in [0.2, 0.25) is 0 Å². The van der Waals surface area contributed by atoms with Gasteiger partial charge in [-0.05, 0) is 19.3 Å². The molecular formula is C9H10N4. The van der Waals surface area contributed by atoms with Gasteiger partial charge in [0, 0.05) is 6.04 Å². The van der Waals surface area contributed by atoms with E-state index < -0.39 is 0 Å². The molecule has 1 heterocycles. The van der Waals surface area contributed by atoms with E-state index in [2.05, 4.69) is 21.4 Å². The Bertz CT molecular complexity index is 338. The summed E-state index contributed by atoms with van der Waals surface area (Å²) in [6, 6.07) is 2.56. The van der Waals surface area contributed by atoms with Crippen LogP contribution in [0, 0.1) is 11.3 Å². The molecule has 1 N–H and O–H groups in total. The molecule has 0 radical (unpaired) electrons. The molecule has 0 aromatic carbocycles. The van der Waals surface area contributed by atoms with Crippen molar-refractivity contribution in [1.82, 2.24) is 9.97 Å². The Kier molecular flexibility index (Phi) is 2.09. The van der Waals surface area contributed by atoms with Crippen LogP contribution < -0.4 is 5.32 Å². The topological polar surface area (TPSA) is 61.6 Å². The molecule has 0 spiro atoms. The summed E-state index contributed by atoms with van der Waals surface area (Å²) in [5, 5.41) is 12.0. The maximum atomic E-state index is 8.75. The molecule has 0 atom stereocenters. The summed E-state index contributed by atoms with van der Waals surface area (Å²) >= 11 is 0. The molecule has 0 saturated heterocycles. The molecule has 4 heteroatoms. The van der Waals surface area contributed by atoms with Crippen molar-refractivity contribution in [3.8, 4) is 6.07 Å². The van der Waals surface area contributed by atoms with Crippen molar-refractivity contribution in [1.29, 1.82) is 5.26 Å². The fraction of sp³-hybridized carbons (Fsp3) is 0.444. The zero-order valence-corrected chi connectivity index (χ0v) is 7.20. The number of rotatable bonds is 2. The number of anilines is 1. The van der Waals surface area contributed by atoms with E-state index in [0.717, 1.165) is 0 Å². The monoisotopic (exact) mass is 174 g/mol. The van der Waals surface area contributed by atoms with E-state index in [-0.39, 0.29) is 0 Å². The van der Waals surface area contributed by atoms with Gasteiger partial charge < -0.3 is 5.32 Å². The van der Waals surface area contributed by atoms with Gasteiger partial charge in [-0.25, -0.2) is 9.97 Å². The standard InChI is InChI=1S/C9H10N4/c10-4-7-5-11-6-12-9(7)13-8-2-1-3-8/h5-6,8H,1-3H2,(H,11,12,13). The number of aromatic nitrogens is 2. The summed E-state index contributed by atoms with van der Waals surface area (Å²) < 4.78 is 0. The predicted molar refractivity (Wildman–Crippen MR) is 48.0 cm³/mol. The second kappa shape index (κ2) is 3.40. The first kappa shape index (κ1) is 7.99. The molecule has 0 bridgehead atoms. The number of nitrogens with zero attached hydrogens (tertiary/aromatic N) is 3. The van der Waals surface area contributed by atoms with Crippen molar-refractivity contribution in [2.75, 3.05) is 5.32 Å². The first-order valence-corrected chi connectivity index (χ1v) is 4.37. The fourth-order valence-corrected chi connectivity index (χ4v) is 1.27. The van der Waals surface area contributed by atoms with Crippen molar-refractivity contribution in [3.63, 3.8) is 0 Å². The zero-order valence-electron chi connectivity index (χ0n) is 7.20. The highest BCUT2D eigenvalue weighted by molar-refractivity contribution is 5.50. The van der Waals surface area contributed by atoms with Crippen LogP contribution in [-0.2, 0) is 0 Å². The molecule has 0 unspecified atom stereocenters. The number of hydrogen-bond acceptors (Lipinski definition) is 4. The van der Waals surface area contributed by atoms with Gasteiger partial charge in [-0.2, -0.15) is 5.26 Å². The molecule has 0 aliphatic heterocycles. The van der Waals surface area contributed by atoms with E-state index in [1.54, 1.807) is 0 Å². The van der Waals surface area contributed by atoms with Crippen molar-refractivity contribution < 1.29 is 0 Å². The lowest BCUT2D eigenvalue weighted by atomic mass is 9.93. The zero-order chi connectivity index (χ0) is 9.10. The Labute approximate surface area is 76.6 Å². The van der Waals surface area contributed by atoms with Gasteiger partial charge in [-0.3, -0.25) is 0 Å². The maximum absolute atomic E-state index is 8.75. The first-order valence-electron chi connectivity index (χ1n) is 4.37. The van der Waals surface area contributed by atoms with Gasteiger partial charge in [-0.15, -0.1) is 0 Å². The van der Waals surface area contributed by atoms with Crippen LogP contribution in [0.4, 0.5) is 5.82 Å². The second-order valence-corrected chi connectivity index (χ2v) is 3.17. The lowest BCUT2D eigenvalue weighted by molar-refractivity contribution is 0.444. The third-order valence-corrected chi connectivity index (χ3v) is 2.28. The molecule has 13 heavy (non-hydrogen) atoms. The van der Waals surface area contributed by atoms with Crippen molar-refractivity contribution in [3.05, 3.63) is 18.1 Å². The van der Waals surface area contributed by atoms with Crippen LogP contribution in [0.5, 0.6) is 0 Å². The van der Waals surface area contributed by atoms with Crippen molar-refractivity contribution in [2.45, 2.75) is 25.3 Å². The van der Waals surface area contributed by atoms with Crippen LogP contribution in [0.3, 0.4) is 0 Å². The quantitative estimate of drug-likeness (QED) is 0.734. The summed E-state index contributed by atoms with van der Waals surface area (Å²) in [4.78, 5) is 7.82. The molecule has 1 aromatic heterocycles. The Balaban J connectivity index is 2.14. The van der Waals surface area contributed by atoms with Crippen LogP contribution in [0.1, 0.15) is 24.8 Å². The largest absolute Gasteiger partial charge is 0.366 e. The average Bonchev–Trinajstić information content (AvgIpc) is 2.12. The van der Waals surface area contributed by atoms with Crippen molar-refractivity contribution in [2.24, 2.45) is 0 Å². The van der Waals surface area contributed by atoms with Gasteiger partial charge in [0.15, 0.2) is 0 Å². The highest BCUT2D eigenvalue weighted by Crippen LogP contribution is 2.23. The molecule has 1 aliphatic rings. The van der Waals surface area contributed by atoms with Crippen LogP contribution in [0.15, 0.2) is 12.5 Å². The van der Waals surface area contributed by atoms with Crippen LogP contribution in [0.25, 0.3) is 0 Å². The van der Waals surface area contributed by atoms with E-state index in [0.29, 0.717) is 17.4 Å². The first-order chi connectivity index (χ1) is 6.40. The number of hydrogen-bond donors (Lipinski definition) is 1. The fourth-order valence-electron chi connectivity index (χ4n) is 1.27. The molecule has 1 saturated carbocycles. The van der Waals surface area contributed by atoms with E-state index in [9.17, 15) is 0 Å². The van der Waals surface area contributed by atoms with E-state index >= 15 is 0 Å².